The van der Waals surface area contributed by atoms with E-state index in [1.165, 1.54) is 12.8 Å². The maximum atomic E-state index is 11.4. The van der Waals surface area contributed by atoms with Crippen LogP contribution in [-0.2, 0) is 6.54 Å². The maximum absolute atomic E-state index is 11.4. The molecule has 0 bridgehead atoms. The molecule has 3 rings (SSSR count). The van der Waals surface area contributed by atoms with E-state index in [1.807, 2.05) is 18.2 Å². The number of rotatable bonds is 2. The number of nitrogens with one attached hydrogen (secondary N) is 1. The summed E-state index contributed by atoms with van der Waals surface area (Å²) in [5, 5.41) is 2.81. The van der Waals surface area contributed by atoms with Crippen molar-refractivity contribution in [1.82, 2.24) is 5.32 Å². The Morgan fingerprint density at radius 3 is 2.88 bits per heavy atom. The van der Waals surface area contributed by atoms with Crippen LogP contribution < -0.4 is 10.1 Å². The fourth-order valence-electron chi connectivity index (χ4n) is 2.48. The van der Waals surface area contributed by atoms with Gasteiger partial charge in [-0.05, 0) is 49.4 Å². The summed E-state index contributed by atoms with van der Waals surface area (Å²) in [6.45, 7) is 0.635. The maximum Gasteiger partial charge on any atom is 0.251 e. The standard InChI is InChI=1S/C13H15NO2/c15-13-12-6-5-11(7-9(12)8-14-13)16-10-3-1-2-4-10/h5-7,10H,1-4,8H2,(H,14,15). The first kappa shape index (κ1) is 9.70. The minimum Gasteiger partial charge on any atom is -0.490 e. The Bertz CT molecular complexity index is 422. The summed E-state index contributed by atoms with van der Waals surface area (Å²) in [5.41, 5.74) is 1.85. The van der Waals surface area contributed by atoms with Crippen molar-refractivity contribution in [1.29, 1.82) is 0 Å². The summed E-state index contributed by atoms with van der Waals surface area (Å²) < 4.78 is 5.90. The van der Waals surface area contributed by atoms with Gasteiger partial charge in [0.05, 0.1) is 6.10 Å². The van der Waals surface area contributed by atoms with Gasteiger partial charge in [0.2, 0.25) is 0 Å². The van der Waals surface area contributed by atoms with E-state index < -0.39 is 0 Å². The lowest BCUT2D eigenvalue weighted by molar-refractivity contribution is 0.0966. The van der Waals surface area contributed by atoms with Crippen LogP contribution in [0.3, 0.4) is 0 Å². The van der Waals surface area contributed by atoms with Crippen LogP contribution in [0.1, 0.15) is 41.6 Å². The molecule has 16 heavy (non-hydrogen) atoms. The van der Waals surface area contributed by atoms with E-state index >= 15 is 0 Å². The molecule has 3 nitrogen and oxygen atoms in total. The predicted molar refractivity (Wildman–Crippen MR) is 60.5 cm³/mol. The van der Waals surface area contributed by atoms with Crippen LogP contribution in [0.25, 0.3) is 0 Å². The quantitative estimate of drug-likeness (QED) is 0.825. The third kappa shape index (κ3) is 1.66. The van der Waals surface area contributed by atoms with Gasteiger partial charge in [0.1, 0.15) is 5.75 Å². The number of carbonyl (C=O) groups is 1. The highest BCUT2D eigenvalue weighted by Gasteiger charge is 2.21. The van der Waals surface area contributed by atoms with Crippen molar-refractivity contribution in [2.24, 2.45) is 0 Å². The second kappa shape index (κ2) is 3.81. The number of hydrogen-bond acceptors (Lipinski definition) is 2. The van der Waals surface area contributed by atoms with Gasteiger partial charge in [0, 0.05) is 12.1 Å². The Labute approximate surface area is 94.8 Å². The van der Waals surface area contributed by atoms with Gasteiger partial charge in [-0.1, -0.05) is 0 Å². The summed E-state index contributed by atoms with van der Waals surface area (Å²) in [6, 6.07) is 5.76. The van der Waals surface area contributed by atoms with E-state index in [2.05, 4.69) is 5.32 Å². The van der Waals surface area contributed by atoms with Gasteiger partial charge in [-0.15, -0.1) is 0 Å². The van der Waals surface area contributed by atoms with E-state index in [0.29, 0.717) is 12.6 Å². The van der Waals surface area contributed by atoms with Crippen LogP contribution >= 0.6 is 0 Å². The van der Waals surface area contributed by atoms with Crippen LogP contribution in [0.5, 0.6) is 5.75 Å². The Morgan fingerprint density at radius 1 is 1.25 bits per heavy atom. The molecule has 1 aliphatic carbocycles. The lowest BCUT2D eigenvalue weighted by atomic mass is 10.1. The number of fused-ring (bicyclic) bond motifs is 1. The van der Waals surface area contributed by atoms with Crippen molar-refractivity contribution in [2.45, 2.75) is 38.3 Å². The number of ether oxygens (including phenoxy) is 1. The van der Waals surface area contributed by atoms with Crippen LogP contribution in [0.4, 0.5) is 0 Å². The molecule has 1 fully saturated rings. The molecule has 1 aliphatic heterocycles. The summed E-state index contributed by atoms with van der Waals surface area (Å²) in [5.74, 6) is 0.935. The Morgan fingerprint density at radius 2 is 2.06 bits per heavy atom. The van der Waals surface area contributed by atoms with E-state index in [9.17, 15) is 4.79 Å². The molecule has 0 atom stereocenters. The summed E-state index contributed by atoms with van der Waals surface area (Å²) in [4.78, 5) is 11.4. The number of carbonyl (C=O) groups excluding carboxylic acids is 1. The zero-order valence-electron chi connectivity index (χ0n) is 9.16. The topological polar surface area (TPSA) is 38.3 Å². The molecule has 0 radical (unpaired) electrons. The molecule has 0 unspecified atom stereocenters. The molecule has 1 N–H and O–H groups in total. The molecule has 1 saturated carbocycles. The Hall–Kier alpha value is -1.51. The molecule has 1 amide bonds. The molecule has 0 aromatic heterocycles. The summed E-state index contributed by atoms with van der Waals surface area (Å²) >= 11 is 0. The lowest BCUT2D eigenvalue weighted by Gasteiger charge is -2.13. The fraction of sp³-hybridized carbons (Fsp3) is 0.462. The van der Waals surface area contributed by atoms with Crippen molar-refractivity contribution < 1.29 is 9.53 Å². The minimum atomic E-state index is 0.0300. The van der Waals surface area contributed by atoms with Gasteiger partial charge in [-0.2, -0.15) is 0 Å². The van der Waals surface area contributed by atoms with Crippen LogP contribution in [0.2, 0.25) is 0 Å². The highest BCUT2D eigenvalue weighted by Crippen LogP contribution is 2.27. The Kier molecular flexibility index (Phi) is 2.31. The Balaban J connectivity index is 1.79. The summed E-state index contributed by atoms with van der Waals surface area (Å²) in [7, 11) is 0. The van der Waals surface area contributed by atoms with Crippen molar-refractivity contribution >= 4 is 5.91 Å². The molecule has 1 aromatic rings. The average Bonchev–Trinajstić information content (AvgIpc) is 2.90. The molecule has 0 spiro atoms. The third-order valence-electron chi connectivity index (χ3n) is 3.37. The summed E-state index contributed by atoms with van der Waals surface area (Å²) in [6.07, 6.45) is 5.25. The molecule has 3 heteroatoms. The van der Waals surface area contributed by atoms with E-state index in [0.717, 1.165) is 29.7 Å². The van der Waals surface area contributed by atoms with E-state index in [-0.39, 0.29) is 5.91 Å². The van der Waals surface area contributed by atoms with E-state index in [4.69, 9.17) is 4.74 Å². The first-order chi connectivity index (χ1) is 7.83. The second-order valence-corrected chi connectivity index (χ2v) is 4.53. The van der Waals surface area contributed by atoms with Gasteiger partial charge >= 0.3 is 0 Å². The normalized spacial score (nSPS) is 19.6. The fourth-order valence-corrected chi connectivity index (χ4v) is 2.48. The van der Waals surface area contributed by atoms with Gasteiger partial charge < -0.3 is 10.1 Å². The van der Waals surface area contributed by atoms with Gasteiger partial charge in [0.15, 0.2) is 0 Å². The van der Waals surface area contributed by atoms with Crippen molar-refractivity contribution in [2.75, 3.05) is 0 Å². The molecule has 1 aromatic carbocycles. The number of benzene rings is 1. The van der Waals surface area contributed by atoms with E-state index in [1.54, 1.807) is 0 Å². The number of amides is 1. The first-order valence-corrected chi connectivity index (χ1v) is 5.91. The SMILES string of the molecule is O=C1NCc2cc(OC3CCCC3)ccc21. The van der Waals surface area contributed by atoms with Crippen LogP contribution in [0, 0.1) is 0 Å². The van der Waals surface area contributed by atoms with Gasteiger partial charge in [-0.3, -0.25) is 4.79 Å². The van der Waals surface area contributed by atoms with Crippen LogP contribution in [0.15, 0.2) is 18.2 Å². The van der Waals surface area contributed by atoms with Gasteiger partial charge in [-0.25, -0.2) is 0 Å². The van der Waals surface area contributed by atoms with Crippen LogP contribution in [-0.4, -0.2) is 12.0 Å². The smallest absolute Gasteiger partial charge is 0.251 e. The van der Waals surface area contributed by atoms with Crippen molar-refractivity contribution in [3.8, 4) is 5.75 Å². The minimum absolute atomic E-state index is 0.0300. The molecule has 2 aliphatic rings. The molecule has 84 valence electrons. The largest absolute Gasteiger partial charge is 0.490 e. The van der Waals surface area contributed by atoms with Gasteiger partial charge in [0.25, 0.3) is 5.91 Å². The zero-order valence-corrected chi connectivity index (χ0v) is 9.16. The monoisotopic (exact) mass is 217 g/mol. The zero-order chi connectivity index (χ0) is 11.0. The third-order valence-corrected chi connectivity index (χ3v) is 3.37. The molecular weight excluding hydrogens is 202 g/mol. The van der Waals surface area contributed by atoms with Crippen molar-refractivity contribution in [3.63, 3.8) is 0 Å². The highest BCUT2D eigenvalue weighted by atomic mass is 16.5. The van der Waals surface area contributed by atoms with Crippen molar-refractivity contribution in [3.05, 3.63) is 29.3 Å². The molecule has 1 heterocycles. The second-order valence-electron chi connectivity index (χ2n) is 4.53. The first-order valence-electron chi connectivity index (χ1n) is 5.91. The average molecular weight is 217 g/mol. The number of hydrogen-bond donors (Lipinski definition) is 1. The molecular formula is C13H15NO2. The molecule has 0 saturated heterocycles. The lowest BCUT2D eigenvalue weighted by Crippen LogP contribution is -2.12. The predicted octanol–water partition coefficient (Wildman–Crippen LogP) is 2.25. The highest BCUT2D eigenvalue weighted by molar-refractivity contribution is 5.98.